The summed E-state index contributed by atoms with van der Waals surface area (Å²) in [6.45, 7) is 1.50. The zero-order valence-corrected chi connectivity index (χ0v) is 16.7. The summed E-state index contributed by atoms with van der Waals surface area (Å²) in [7, 11) is 0. The SMILES string of the molecule is Cc1cc([C@H](NC(=O)c2cnc(N3CC(F)(F)C3)c(OCC3CC3)n2)C2CC2)[nH]n1. The Balaban J connectivity index is 1.34. The molecule has 1 atom stereocenters. The van der Waals surface area contributed by atoms with Crippen molar-refractivity contribution in [1.82, 2.24) is 25.5 Å². The molecule has 10 heteroatoms. The van der Waals surface area contributed by atoms with Crippen LogP contribution in [0.15, 0.2) is 12.3 Å². The van der Waals surface area contributed by atoms with E-state index in [0.29, 0.717) is 18.4 Å². The molecule has 1 amide bonds. The Hall–Kier alpha value is -2.78. The number of rotatable bonds is 8. The van der Waals surface area contributed by atoms with Gasteiger partial charge in [-0.2, -0.15) is 5.10 Å². The molecule has 5 rings (SSSR count). The molecule has 1 saturated heterocycles. The zero-order valence-electron chi connectivity index (χ0n) is 16.7. The minimum absolute atomic E-state index is 0.110. The third-order valence-electron chi connectivity index (χ3n) is 5.69. The number of carbonyl (C=O) groups is 1. The van der Waals surface area contributed by atoms with Gasteiger partial charge >= 0.3 is 0 Å². The Bertz CT molecular complexity index is 949. The molecule has 3 fully saturated rings. The highest BCUT2D eigenvalue weighted by molar-refractivity contribution is 5.92. The number of alkyl halides is 2. The standard InChI is InChI=1S/C20H24F2N6O2/c1-11-6-14(27-26-11)16(13-4-5-13)25-18(29)15-7-23-17(28-9-20(21,22)10-28)19(24-15)30-8-12-2-3-12/h6-7,12-13,16H,2-5,8-10H2,1H3,(H,25,29)(H,26,27)/t16-/m1/s1. The highest BCUT2D eigenvalue weighted by Crippen LogP contribution is 2.41. The van der Waals surface area contributed by atoms with E-state index in [1.807, 2.05) is 13.0 Å². The summed E-state index contributed by atoms with van der Waals surface area (Å²) in [6.07, 6.45) is 5.56. The van der Waals surface area contributed by atoms with Gasteiger partial charge in [-0.1, -0.05) is 0 Å². The highest BCUT2D eigenvalue weighted by Gasteiger charge is 2.46. The fraction of sp³-hybridized carbons (Fsp3) is 0.600. The number of hydrogen-bond acceptors (Lipinski definition) is 6. The van der Waals surface area contributed by atoms with Gasteiger partial charge in [0.25, 0.3) is 17.7 Å². The van der Waals surface area contributed by atoms with Crippen LogP contribution in [0.2, 0.25) is 0 Å². The van der Waals surface area contributed by atoms with Crippen LogP contribution in [0.1, 0.15) is 53.6 Å². The average Bonchev–Trinajstić information content (AvgIpc) is 3.61. The molecule has 2 aliphatic carbocycles. The van der Waals surface area contributed by atoms with Gasteiger partial charge in [0.05, 0.1) is 43.3 Å². The average molecular weight is 418 g/mol. The number of nitrogens with one attached hydrogen (secondary N) is 2. The van der Waals surface area contributed by atoms with E-state index in [1.165, 1.54) is 11.1 Å². The molecule has 0 spiro atoms. The van der Waals surface area contributed by atoms with Crippen LogP contribution in [0.25, 0.3) is 0 Å². The molecule has 0 bridgehead atoms. The molecule has 2 N–H and O–H groups in total. The number of halogens is 2. The van der Waals surface area contributed by atoms with Crippen LogP contribution < -0.4 is 15.0 Å². The Morgan fingerprint density at radius 3 is 2.73 bits per heavy atom. The zero-order chi connectivity index (χ0) is 20.9. The smallest absolute Gasteiger partial charge is 0.282 e. The van der Waals surface area contributed by atoms with Gasteiger partial charge in [-0.15, -0.1) is 0 Å². The van der Waals surface area contributed by atoms with Gasteiger partial charge in [-0.05, 0) is 50.5 Å². The maximum Gasteiger partial charge on any atom is 0.282 e. The third kappa shape index (κ3) is 4.08. The number of H-pyrrole nitrogens is 1. The van der Waals surface area contributed by atoms with Gasteiger partial charge in [0, 0.05) is 0 Å². The van der Waals surface area contributed by atoms with E-state index < -0.39 is 19.0 Å². The van der Waals surface area contributed by atoms with E-state index in [4.69, 9.17) is 4.74 Å². The van der Waals surface area contributed by atoms with Gasteiger partial charge in [0.1, 0.15) is 0 Å². The van der Waals surface area contributed by atoms with Crippen molar-refractivity contribution in [2.75, 3.05) is 24.6 Å². The number of ether oxygens (including phenoxy) is 1. The van der Waals surface area contributed by atoms with Crippen molar-refractivity contribution in [2.24, 2.45) is 11.8 Å². The number of nitrogens with zero attached hydrogens (tertiary/aromatic N) is 4. The number of hydrogen-bond donors (Lipinski definition) is 2. The van der Waals surface area contributed by atoms with Crippen LogP contribution in [0.4, 0.5) is 14.6 Å². The summed E-state index contributed by atoms with van der Waals surface area (Å²) >= 11 is 0. The van der Waals surface area contributed by atoms with Gasteiger partial charge < -0.3 is 15.0 Å². The molecule has 1 aliphatic heterocycles. The van der Waals surface area contributed by atoms with Gasteiger partial charge in [-0.25, -0.2) is 18.7 Å². The lowest BCUT2D eigenvalue weighted by Crippen LogP contribution is -2.56. The Labute approximate surface area is 172 Å². The first-order valence-electron chi connectivity index (χ1n) is 10.3. The predicted octanol–water partition coefficient (Wildman–Crippen LogP) is 2.63. The van der Waals surface area contributed by atoms with E-state index >= 15 is 0 Å². The van der Waals surface area contributed by atoms with Crippen molar-refractivity contribution in [2.45, 2.75) is 44.6 Å². The molecule has 2 saturated carbocycles. The Morgan fingerprint density at radius 1 is 1.37 bits per heavy atom. The number of anilines is 1. The Morgan fingerprint density at radius 2 is 2.13 bits per heavy atom. The maximum absolute atomic E-state index is 13.3. The van der Waals surface area contributed by atoms with Crippen LogP contribution in [0.3, 0.4) is 0 Å². The topological polar surface area (TPSA) is 96.0 Å². The molecule has 8 nitrogen and oxygen atoms in total. The first kappa shape index (κ1) is 19.2. The van der Waals surface area contributed by atoms with Gasteiger partial charge in [-0.3, -0.25) is 9.89 Å². The molecule has 30 heavy (non-hydrogen) atoms. The normalized spacial score (nSPS) is 21.1. The summed E-state index contributed by atoms with van der Waals surface area (Å²) in [6, 6.07) is 1.75. The first-order valence-corrected chi connectivity index (χ1v) is 10.3. The minimum atomic E-state index is -2.73. The van der Waals surface area contributed by atoms with E-state index in [-0.39, 0.29) is 29.3 Å². The lowest BCUT2D eigenvalue weighted by atomic mass is 10.1. The van der Waals surface area contributed by atoms with Crippen molar-refractivity contribution in [3.8, 4) is 5.88 Å². The maximum atomic E-state index is 13.3. The van der Waals surface area contributed by atoms with Crippen molar-refractivity contribution in [3.05, 3.63) is 29.3 Å². The molecular weight excluding hydrogens is 394 g/mol. The fourth-order valence-corrected chi connectivity index (χ4v) is 3.63. The molecule has 3 aliphatic rings. The number of carbonyl (C=O) groups excluding carboxylic acids is 1. The number of aryl methyl sites for hydroxylation is 1. The van der Waals surface area contributed by atoms with Gasteiger partial charge in [0.15, 0.2) is 11.5 Å². The molecule has 2 aromatic rings. The monoisotopic (exact) mass is 418 g/mol. The molecule has 160 valence electrons. The van der Waals surface area contributed by atoms with Crippen LogP contribution in [0.5, 0.6) is 5.88 Å². The number of aromatic nitrogens is 4. The number of amides is 1. The largest absolute Gasteiger partial charge is 0.475 e. The van der Waals surface area contributed by atoms with Crippen LogP contribution in [-0.4, -0.2) is 51.7 Å². The van der Waals surface area contributed by atoms with E-state index in [0.717, 1.165) is 37.1 Å². The summed E-state index contributed by atoms with van der Waals surface area (Å²) in [5.74, 6) is -1.88. The van der Waals surface area contributed by atoms with E-state index in [1.54, 1.807) is 0 Å². The van der Waals surface area contributed by atoms with Crippen LogP contribution >= 0.6 is 0 Å². The van der Waals surface area contributed by atoms with Gasteiger partial charge in [0.2, 0.25) is 0 Å². The van der Waals surface area contributed by atoms with Crippen molar-refractivity contribution in [1.29, 1.82) is 0 Å². The predicted molar refractivity (Wildman–Crippen MR) is 104 cm³/mol. The van der Waals surface area contributed by atoms with Crippen molar-refractivity contribution in [3.63, 3.8) is 0 Å². The van der Waals surface area contributed by atoms with Crippen LogP contribution in [0, 0.1) is 18.8 Å². The summed E-state index contributed by atoms with van der Waals surface area (Å²) in [5.41, 5.74) is 1.83. The first-order chi connectivity index (χ1) is 14.4. The quantitative estimate of drug-likeness (QED) is 0.684. The summed E-state index contributed by atoms with van der Waals surface area (Å²) in [5, 5.41) is 10.2. The molecule has 0 aromatic carbocycles. The lowest BCUT2D eigenvalue weighted by Gasteiger charge is -2.39. The van der Waals surface area contributed by atoms with Crippen molar-refractivity contribution < 1.29 is 18.3 Å². The second-order valence-corrected chi connectivity index (χ2v) is 8.60. The molecule has 0 radical (unpaired) electrons. The van der Waals surface area contributed by atoms with E-state index in [9.17, 15) is 13.6 Å². The third-order valence-corrected chi connectivity index (χ3v) is 5.69. The Kier molecular flexibility index (Phi) is 4.59. The highest BCUT2D eigenvalue weighted by atomic mass is 19.3. The summed E-state index contributed by atoms with van der Waals surface area (Å²) < 4.78 is 32.4. The fourth-order valence-electron chi connectivity index (χ4n) is 3.63. The van der Waals surface area contributed by atoms with Crippen molar-refractivity contribution >= 4 is 11.7 Å². The van der Waals surface area contributed by atoms with Crippen LogP contribution in [-0.2, 0) is 0 Å². The minimum Gasteiger partial charge on any atom is -0.475 e. The van der Waals surface area contributed by atoms with E-state index in [2.05, 4.69) is 25.5 Å². The number of aromatic amines is 1. The molecule has 0 unspecified atom stereocenters. The molecule has 2 aromatic heterocycles. The summed E-state index contributed by atoms with van der Waals surface area (Å²) in [4.78, 5) is 22.9. The molecule has 3 heterocycles. The molecular formula is C20H24F2N6O2. The lowest BCUT2D eigenvalue weighted by molar-refractivity contribution is -0.0270. The second-order valence-electron chi connectivity index (χ2n) is 8.60. The second kappa shape index (κ2) is 7.17.